The Hall–Kier alpha value is -0.530. The minimum atomic E-state index is 1.14. The zero-order chi connectivity index (χ0) is 5.98. The molecule has 2 heteroatoms. The third-order valence-electron chi connectivity index (χ3n) is 1.51. The SMILES string of the molecule is CCN1C=[N+](C)CC1. The Balaban J connectivity index is 2.41. The van der Waals surface area contributed by atoms with Gasteiger partial charge >= 0.3 is 0 Å². The van der Waals surface area contributed by atoms with Gasteiger partial charge in [0.1, 0.15) is 13.1 Å². The molecule has 0 saturated heterocycles. The monoisotopic (exact) mass is 113 g/mol. The molecular weight excluding hydrogens is 100 g/mol. The van der Waals surface area contributed by atoms with Gasteiger partial charge in [-0.3, -0.25) is 9.48 Å². The van der Waals surface area contributed by atoms with Crippen LogP contribution in [0.5, 0.6) is 0 Å². The first-order valence-electron chi connectivity index (χ1n) is 3.12. The van der Waals surface area contributed by atoms with E-state index < -0.39 is 0 Å². The summed E-state index contributed by atoms with van der Waals surface area (Å²) >= 11 is 0. The van der Waals surface area contributed by atoms with Crippen molar-refractivity contribution in [2.45, 2.75) is 6.92 Å². The fourth-order valence-electron chi connectivity index (χ4n) is 0.920. The second-order valence-electron chi connectivity index (χ2n) is 2.22. The predicted octanol–water partition coefficient (Wildman–Crippen LogP) is -0.00750. The van der Waals surface area contributed by atoms with Crippen LogP contribution < -0.4 is 0 Å². The van der Waals surface area contributed by atoms with Crippen LogP contribution in [-0.2, 0) is 0 Å². The lowest BCUT2D eigenvalue weighted by Gasteiger charge is -1.98. The van der Waals surface area contributed by atoms with Gasteiger partial charge in [0, 0.05) is 0 Å². The van der Waals surface area contributed by atoms with Crippen LogP contribution in [0.4, 0.5) is 0 Å². The van der Waals surface area contributed by atoms with Crippen molar-refractivity contribution in [3.8, 4) is 0 Å². The molecule has 0 atom stereocenters. The third kappa shape index (κ3) is 0.997. The van der Waals surface area contributed by atoms with Crippen LogP contribution in [0.2, 0.25) is 0 Å². The summed E-state index contributed by atoms with van der Waals surface area (Å²) in [7, 11) is 2.11. The minimum Gasteiger partial charge on any atom is -0.267 e. The number of hydrogen-bond donors (Lipinski definition) is 0. The van der Waals surface area contributed by atoms with Crippen LogP contribution in [0.15, 0.2) is 0 Å². The van der Waals surface area contributed by atoms with Gasteiger partial charge in [0.25, 0.3) is 0 Å². The number of hydrogen-bond acceptors (Lipinski definition) is 1. The van der Waals surface area contributed by atoms with E-state index in [1.54, 1.807) is 0 Å². The molecule has 0 unspecified atom stereocenters. The second kappa shape index (κ2) is 2.16. The Morgan fingerprint density at radius 1 is 1.75 bits per heavy atom. The van der Waals surface area contributed by atoms with Gasteiger partial charge in [-0.15, -0.1) is 0 Å². The fraction of sp³-hybridized carbons (Fsp3) is 0.833. The Kier molecular flexibility index (Phi) is 1.51. The van der Waals surface area contributed by atoms with Gasteiger partial charge in [-0.2, -0.15) is 0 Å². The molecule has 0 N–H and O–H groups in total. The summed E-state index contributed by atoms with van der Waals surface area (Å²) in [5.74, 6) is 0. The van der Waals surface area contributed by atoms with Gasteiger partial charge in [0.15, 0.2) is 0 Å². The molecular formula is C6H13N2+. The molecule has 46 valence electrons. The molecule has 0 radical (unpaired) electrons. The molecule has 1 aliphatic heterocycles. The maximum atomic E-state index is 2.31. The van der Waals surface area contributed by atoms with Crippen molar-refractivity contribution in [1.29, 1.82) is 0 Å². The zero-order valence-corrected chi connectivity index (χ0v) is 5.59. The molecule has 0 fully saturated rings. The average molecular weight is 113 g/mol. The van der Waals surface area contributed by atoms with Gasteiger partial charge < -0.3 is 0 Å². The van der Waals surface area contributed by atoms with Crippen LogP contribution in [0.1, 0.15) is 6.92 Å². The number of rotatable bonds is 1. The molecule has 1 aliphatic rings. The van der Waals surface area contributed by atoms with Gasteiger partial charge in [0.2, 0.25) is 6.34 Å². The van der Waals surface area contributed by atoms with Crippen LogP contribution >= 0.6 is 0 Å². The first-order chi connectivity index (χ1) is 3.83. The van der Waals surface area contributed by atoms with E-state index in [0.29, 0.717) is 0 Å². The van der Waals surface area contributed by atoms with Crippen LogP contribution in [0.25, 0.3) is 0 Å². The molecule has 0 aromatic carbocycles. The molecule has 0 aliphatic carbocycles. The van der Waals surface area contributed by atoms with Crippen LogP contribution in [0.3, 0.4) is 0 Å². The van der Waals surface area contributed by atoms with Crippen molar-refractivity contribution in [3.63, 3.8) is 0 Å². The Labute approximate surface area is 50.4 Å². The van der Waals surface area contributed by atoms with Crippen LogP contribution in [0, 0.1) is 0 Å². The number of nitrogens with zero attached hydrogens (tertiary/aromatic N) is 2. The molecule has 0 aromatic heterocycles. The molecule has 1 heterocycles. The molecule has 0 aromatic rings. The highest BCUT2D eigenvalue weighted by Crippen LogP contribution is 1.88. The minimum absolute atomic E-state index is 1.14. The highest BCUT2D eigenvalue weighted by molar-refractivity contribution is 5.49. The summed E-state index contributed by atoms with van der Waals surface area (Å²) in [4.78, 5) is 2.31. The molecule has 1 rings (SSSR count). The first-order valence-corrected chi connectivity index (χ1v) is 3.12. The molecule has 0 bridgehead atoms. The lowest BCUT2D eigenvalue weighted by Crippen LogP contribution is -2.18. The van der Waals surface area contributed by atoms with E-state index in [2.05, 4.69) is 29.8 Å². The summed E-state index contributed by atoms with van der Waals surface area (Å²) in [6.45, 7) is 5.71. The van der Waals surface area contributed by atoms with Crippen molar-refractivity contribution in [3.05, 3.63) is 0 Å². The standard InChI is InChI=1S/C6H13N2/c1-3-8-5-4-7(2)6-8/h6H,3-5H2,1-2H3/q+1. The number of likely N-dealkylation sites (N-methyl/N-ethyl adjacent to an activating group) is 2. The van der Waals surface area contributed by atoms with Crippen LogP contribution in [-0.4, -0.2) is 42.5 Å². The van der Waals surface area contributed by atoms with E-state index in [4.69, 9.17) is 0 Å². The van der Waals surface area contributed by atoms with E-state index in [1.807, 2.05) is 0 Å². The second-order valence-corrected chi connectivity index (χ2v) is 2.22. The Morgan fingerprint density at radius 3 is 2.75 bits per heavy atom. The third-order valence-corrected chi connectivity index (χ3v) is 1.51. The zero-order valence-electron chi connectivity index (χ0n) is 5.59. The summed E-state index contributed by atoms with van der Waals surface area (Å²) in [5.41, 5.74) is 0. The molecule has 0 saturated carbocycles. The van der Waals surface area contributed by atoms with E-state index in [1.165, 1.54) is 13.1 Å². The highest BCUT2D eigenvalue weighted by atomic mass is 15.2. The van der Waals surface area contributed by atoms with Gasteiger partial charge in [-0.05, 0) is 6.92 Å². The van der Waals surface area contributed by atoms with Gasteiger partial charge in [-0.25, -0.2) is 0 Å². The summed E-state index contributed by atoms with van der Waals surface area (Å²) < 4.78 is 2.21. The fourth-order valence-corrected chi connectivity index (χ4v) is 0.920. The summed E-state index contributed by atoms with van der Waals surface area (Å²) in [6, 6.07) is 0. The topological polar surface area (TPSA) is 6.25 Å². The van der Waals surface area contributed by atoms with E-state index in [9.17, 15) is 0 Å². The normalized spacial score (nSPS) is 19.2. The Bertz CT molecular complexity index is 107. The highest BCUT2D eigenvalue weighted by Gasteiger charge is 2.12. The van der Waals surface area contributed by atoms with Crippen molar-refractivity contribution < 1.29 is 4.58 Å². The van der Waals surface area contributed by atoms with E-state index >= 15 is 0 Å². The smallest absolute Gasteiger partial charge is 0.234 e. The van der Waals surface area contributed by atoms with Crippen molar-refractivity contribution in [2.24, 2.45) is 0 Å². The summed E-state index contributed by atoms with van der Waals surface area (Å²) in [5, 5.41) is 0. The van der Waals surface area contributed by atoms with Crippen molar-refractivity contribution >= 4 is 6.34 Å². The maximum absolute atomic E-state index is 2.31. The molecule has 8 heavy (non-hydrogen) atoms. The predicted molar refractivity (Wildman–Crippen MR) is 34.4 cm³/mol. The van der Waals surface area contributed by atoms with Gasteiger partial charge in [-0.1, -0.05) is 0 Å². The quantitative estimate of drug-likeness (QED) is 0.434. The van der Waals surface area contributed by atoms with E-state index in [-0.39, 0.29) is 0 Å². The lowest BCUT2D eigenvalue weighted by molar-refractivity contribution is -0.482. The van der Waals surface area contributed by atoms with E-state index in [0.717, 1.165) is 6.54 Å². The average Bonchev–Trinajstić information content (AvgIpc) is 2.14. The molecule has 2 nitrogen and oxygen atoms in total. The molecule has 0 amide bonds. The van der Waals surface area contributed by atoms with Crippen molar-refractivity contribution in [2.75, 3.05) is 26.7 Å². The lowest BCUT2D eigenvalue weighted by atomic mass is 10.6. The van der Waals surface area contributed by atoms with Gasteiger partial charge in [0.05, 0.1) is 13.6 Å². The maximum Gasteiger partial charge on any atom is 0.234 e. The first kappa shape index (κ1) is 5.60. The van der Waals surface area contributed by atoms with Crippen molar-refractivity contribution in [1.82, 2.24) is 4.90 Å². The molecule has 0 spiro atoms. The summed E-state index contributed by atoms with van der Waals surface area (Å²) in [6.07, 6.45) is 2.17. The largest absolute Gasteiger partial charge is 0.267 e. The Morgan fingerprint density at radius 2 is 2.50 bits per heavy atom.